The van der Waals surface area contributed by atoms with Gasteiger partial charge in [-0.3, -0.25) is 4.99 Å². The van der Waals surface area contributed by atoms with Crippen molar-refractivity contribution in [1.29, 1.82) is 0 Å². The highest BCUT2D eigenvalue weighted by molar-refractivity contribution is 6.05. The van der Waals surface area contributed by atoms with E-state index in [1.807, 2.05) is 0 Å². The average molecular weight is 753 g/mol. The van der Waals surface area contributed by atoms with Gasteiger partial charge in [-0.2, -0.15) is 0 Å². The van der Waals surface area contributed by atoms with E-state index in [2.05, 4.69) is 217 Å². The molecule has 0 fully saturated rings. The summed E-state index contributed by atoms with van der Waals surface area (Å²) in [5, 5.41) is 0. The van der Waals surface area contributed by atoms with Crippen LogP contribution in [0.3, 0.4) is 0 Å². The van der Waals surface area contributed by atoms with Gasteiger partial charge in [0.15, 0.2) is 0 Å². The summed E-state index contributed by atoms with van der Waals surface area (Å²) in [6.45, 7) is 0.610. The number of anilines is 2. The van der Waals surface area contributed by atoms with E-state index in [-0.39, 0.29) is 6.04 Å². The predicted octanol–water partition coefficient (Wildman–Crippen LogP) is 13.8. The van der Waals surface area contributed by atoms with Gasteiger partial charge in [-0.1, -0.05) is 194 Å². The van der Waals surface area contributed by atoms with Gasteiger partial charge in [0.25, 0.3) is 0 Å². The summed E-state index contributed by atoms with van der Waals surface area (Å²) in [6.07, 6.45) is 10.0. The summed E-state index contributed by atoms with van der Waals surface area (Å²) in [4.78, 5) is 7.79. The second-order valence-electron chi connectivity index (χ2n) is 16.1. The molecule has 0 amide bonds. The molecule has 1 spiro atoms. The summed E-state index contributed by atoms with van der Waals surface area (Å²) in [5.74, 6) is 0. The van der Waals surface area contributed by atoms with E-state index in [9.17, 15) is 0 Å². The van der Waals surface area contributed by atoms with Crippen LogP contribution in [0.1, 0.15) is 45.4 Å². The number of allylic oxidation sites excluding steroid dienone is 2. The van der Waals surface area contributed by atoms with Crippen LogP contribution in [0, 0.1) is 0 Å². The smallest absolute Gasteiger partial charge is 0.0754 e. The van der Waals surface area contributed by atoms with Crippen molar-refractivity contribution < 1.29 is 0 Å². The fourth-order valence-electron chi connectivity index (χ4n) is 10.5. The molecule has 0 N–H and O–H groups in total. The monoisotopic (exact) mass is 752 g/mol. The quantitative estimate of drug-likeness (QED) is 0.154. The Morgan fingerprint density at radius 1 is 0.525 bits per heavy atom. The molecular weight excluding hydrogens is 713 g/mol. The lowest BCUT2D eigenvalue weighted by Gasteiger charge is -2.45. The number of rotatable bonds is 6. The largest absolute Gasteiger partial charge is 0.332 e. The van der Waals surface area contributed by atoms with Crippen molar-refractivity contribution in [3.05, 3.63) is 245 Å². The molecule has 8 aromatic carbocycles. The molecule has 2 nitrogen and oxygen atoms in total. The predicted molar refractivity (Wildman–Crippen MR) is 245 cm³/mol. The van der Waals surface area contributed by atoms with Gasteiger partial charge < -0.3 is 4.90 Å². The van der Waals surface area contributed by atoms with Crippen molar-refractivity contribution in [2.75, 3.05) is 4.90 Å². The Labute approximate surface area is 345 Å². The van der Waals surface area contributed by atoms with Gasteiger partial charge in [0, 0.05) is 23.0 Å². The van der Waals surface area contributed by atoms with Crippen LogP contribution in [0.2, 0.25) is 0 Å². The second kappa shape index (κ2) is 13.4. The number of benzene rings is 8. The normalized spacial score (nSPS) is 17.7. The molecule has 2 atom stereocenters. The number of fused-ring (bicyclic) bond motifs is 12. The number of nitrogens with zero attached hydrogens (tertiary/aromatic N) is 2. The van der Waals surface area contributed by atoms with Crippen LogP contribution < -0.4 is 4.90 Å². The standard InChI is InChI=1S/C57H40N2/c1-3-13-39(14-4-1)41-27-25-38(26-28-41)36-58-37-45-17-11-21-51-55(45)48-35-44(43-31-29-42(30-32-43)40-15-5-2-6-16-40)33-34-49(48)57(51)50-20-8-10-24-54(50)59-53-23-9-7-18-46(53)47-19-12-22-52(57)56(47)59/h1-22,24-35,37,53H,23,36H2. The van der Waals surface area contributed by atoms with Crippen molar-refractivity contribution in [3.8, 4) is 44.5 Å². The molecule has 0 saturated carbocycles. The molecule has 2 heterocycles. The zero-order valence-electron chi connectivity index (χ0n) is 32.6. The number of para-hydroxylation sites is 2. The minimum absolute atomic E-state index is 0.288. The molecule has 0 radical (unpaired) electrons. The summed E-state index contributed by atoms with van der Waals surface area (Å²) in [7, 11) is 0. The van der Waals surface area contributed by atoms with E-state index in [1.54, 1.807) is 0 Å². The number of hydrogen-bond donors (Lipinski definition) is 0. The lowest BCUT2D eigenvalue weighted by Crippen LogP contribution is -2.39. The van der Waals surface area contributed by atoms with Crippen molar-refractivity contribution in [2.45, 2.75) is 24.4 Å². The second-order valence-corrected chi connectivity index (χ2v) is 16.1. The lowest BCUT2D eigenvalue weighted by atomic mass is 9.64. The van der Waals surface area contributed by atoms with Gasteiger partial charge in [-0.15, -0.1) is 0 Å². The molecule has 2 aliphatic carbocycles. The van der Waals surface area contributed by atoms with E-state index in [0.717, 1.165) is 12.0 Å². The van der Waals surface area contributed by atoms with Gasteiger partial charge in [0.05, 0.1) is 23.7 Å². The molecule has 8 aromatic rings. The summed E-state index contributed by atoms with van der Waals surface area (Å²) in [5.41, 5.74) is 22.5. The molecule has 4 aliphatic rings. The van der Waals surface area contributed by atoms with Gasteiger partial charge in [-0.05, 0) is 96.5 Å². The first-order chi connectivity index (χ1) is 29.3. The third-order valence-electron chi connectivity index (χ3n) is 13.1. The zero-order valence-corrected chi connectivity index (χ0v) is 32.6. The maximum atomic E-state index is 5.14. The molecule has 2 heteroatoms. The first kappa shape index (κ1) is 33.8. The maximum Gasteiger partial charge on any atom is 0.0754 e. The van der Waals surface area contributed by atoms with Gasteiger partial charge in [0.2, 0.25) is 0 Å². The van der Waals surface area contributed by atoms with Crippen molar-refractivity contribution >= 4 is 23.2 Å². The minimum Gasteiger partial charge on any atom is -0.332 e. The Kier molecular flexibility index (Phi) is 7.68. The fraction of sp³-hybridized carbons (Fsp3) is 0.0702. The maximum absolute atomic E-state index is 5.14. The molecular formula is C57H40N2. The number of hydrogen-bond acceptors (Lipinski definition) is 2. The Bertz CT molecular complexity index is 3030. The van der Waals surface area contributed by atoms with E-state index >= 15 is 0 Å². The van der Waals surface area contributed by atoms with E-state index < -0.39 is 5.41 Å². The van der Waals surface area contributed by atoms with E-state index in [4.69, 9.17) is 4.99 Å². The van der Waals surface area contributed by atoms with E-state index in [1.165, 1.54) is 94.8 Å². The van der Waals surface area contributed by atoms with Crippen LogP contribution in [0.15, 0.2) is 211 Å². The van der Waals surface area contributed by atoms with Crippen LogP contribution in [-0.4, -0.2) is 12.3 Å². The van der Waals surface area contributed by atoms with Crippen LogP contribution >= 0.6 is 0 Å². The van der Waals surface area contributed by atoms with Crippen LogP contribution in [0.4, 0.5) is 11.4 Å². The Hall–Kier alpha value is -7.29. The Balaban J connectivity index is 1.03. The summed E-state index contributed by atoms with van der Waals surface area (Å²) >= 11 is 0. The molecule has 59 heavy (non-hydrogen) atoms. The van der Waals surface area contributed by atoms with E-state index in [0.29, 0.717) is 6.54 Å². The molecule has 0 aromatic heterocycles. The third-order valence-corrected chi connectivity index (χ3v) is 13.1. The molecule has 12 rings (SSSR count). The molecule has 2 aliphatic heterocycles. The first-order valence-electron chi connectivity index (χ1n) is 20.8. The van der Waals surface area contributed by atoms with Crippen LogP contribution in [0.25, 0.3) is 50.1 Å². The first-order valence-corrected chi connectivity index (χ1v) is 20.8. The molecule has 278 valence electrons. The molecule has 0 saturated heterocycles. The Morgan fingerprint density at radius 3 is 1.90 bits per heavy atom. The fourth-order valence-corrected chi connectivity index (χ4v) is 10.5. The average Bonchev–Trinajstić information content (AvgIpc) is 3.81. The summed E-state index contributed by atoms with van der Waals surface area (Å²) < 4.78 is 0. The molecule has 2 unspecified atom stereocenters. The minimum atomic E-state index is -0.503. The van der Waals surface area contributed by atoms with Crippen LogP contribution in [-0.2, 0) is 12.0 Å². The number of aliphatic imine (C=N–C) groups is 1. The highest BCUT2D eigenvalue weighted by atomic mass is 15.2. The van der Waals surface area contributed by atoms with Gasteiger partial charge in [-0.25, -0.2) is 0 Å². The van der Waals surface area contributed by atoms with Crippen molar-refractivity contribution in [1.82, 2.24) is 0 Å². The highest BCUT2D eigenvalue weighted by Crippen LogP contribution is 2.66. The SMILES string of the molecule is C1=CCC2C(=C1)c1cccc3c1N2c1ccccc1C31c2ccc(-c3ccc(-c4ccccc4)cc3)cc2-c2c(C=NCc3ccc(-c4ccccc4)cc3)cccc21. The van der Waals surface area contributed by atoms with Crippen LogP contribution in [0.5, 0.6) is 0 Å². The molecule has 0 bridgehead atoms. The lowest BCUT2D eigenvalue weighted by molar-refractivity contribution is 0.721. The van der Waals surface area contributed by atoms with Crippen molar-refractivity contribution in [2.24, 2.45) is 4.99 Å². The Morgan fingerprint density at radius 2 is 1.14 bits per heavy atom. The van der Waals surface area contributed by atoms with Gasteiger partial charge >= 0.3 is 0 Å². The highest BCUT2D eigenvalue weighted by Gasteiger charge is 2.55. The summed E-state index contributed by atoms with van der Waals surface area (Å²) in [6, 6.07) is 69.7. The van der Waals surface area contributed by atoms with Gasteiger partial charge in [0.1, 0.15) is 0 Å². The zero-order chi connectivity index (χ0) is 38.9. The van der Waals surface area contributed by atoms with Crippen molar-refractivity contribution in [3.63, 3.8) is 0 Å². The topological polar surface area (TPSA) is 15.6 Å². The third kappa shape index (κ3) is 5.09.